The number of nitrogens with zero attached hydrogens (tertiary/aromatic N) is 4. The zero-order valence-electron chi connectivity index (χ0n) is 11.4. The normalized spacial score (nSPS) is 15.5. The lowest BCUT2D eigenvalue weighted by molar-refractivity contribution is 0.0640. The highest BCUT2D eigenvalue weighted by Gasteiger charge is 2.26. The Bertz CT molecular complexity index is 475. The van der Waals surface area contributed by atoms with Crippen LogP contribution in [0.3, 0.4) is 0 Å². The molecule has 2 rings (SSSR count). The van der Waals surface area contributed by atoms with Crippen LogP contribution in [0, 0.1) is 6.92 Å². The highest BCUT2D eigenvalue weighted by Crippen LogP contribution is 2.10. The summed E-state index contributed by atoms with van der Waals surface area (Å²) in [5.41, 5.74) is 0.324. The van der Waals surface area contributed by atoms with Crippen LogP contribution in [-0.4, -0.2) is 72.1 Å². The lowest BCUT2D eigenvalue weighted by atomic mass is 10.2. The Kier molecular flexibility index (Phi) is 3.73. The van der Waals surface area contributed by atoms with Crippen LogP contribution < -0.4 is 0 Å². The molecular weight excluding hydrogens is 248 g/mol. The van der Waals surface area contributed by atoms with Gasteiger partial charge in [-0.15, -0.1) is 0 Å². The topological polar surface area (TPSA) is 69.9 Å². The number of carbonyl (C=O) groups excluding carboxylic acids is 2. The van der Waals surface area contributed by atoms with Crippen LogP contribution in [-0.2, 0) is 0 Å². The van der Waals surface area contributed by atoms with E-state index in [-0.39, 0.29) is 11.9 Å². The van der Waals surface area contributed by atoms with E-state index in [1.54, 1.807) is 41.8 Å². The summed E-state index contributed by atoms with van der Waals surface area (Å²) in [5.74, 6) is 0.471. The Labute approximate surface area is 111 Å². The van der Waals surface area contributed by atoms with Gasteiger partial charge in [-0.3, -0.25) is 4.79 Å². The van der Waals surface area contributed by atoms with E-state index in [1.807, 2.05) is 0 Å². The quantitative estimate of drug-likeness (QED) is 0.738. The Morgan fingerprint density at radius 1 is 1.21 bits per heavy atom. The van der Waals surface area contributed by atoms with E-state index in [2.05, 4.69) is 5.16 Å². The first-order valence-corrected chi connectivity index (χ1v) is 6.18. The average molecular weight is 266 g/mol. The van der Waals surface area contributed by atoms with Gasteiger partial charge in [-0.2, -0.15) is 0 Å². The fourth-order valence-corrected chi connectivity index (χ4v) is 2.01. The SMILES string of the molecule is Cc1cc(C(=O)N2CCN(C(=O)N(C)C)CC2)no1. The van der Waals surface area contributed by atoms with Crippen molar-refractivity contribution in [1.82, 2.24) is 19.9 Å². The first-order chi connectivity index (χ1) is 8.99. The molecule has 0 N–H and O–H groups in total. The number of hydrogen-bond acceptors (Lipinski definition) is 4. The molecule has 0 saturated carbocycles. The highest BCUT2D eigenvalue weighted by atomic mass is 16.5. The second-order valence-corrected chi connectivity index (χ2v) is 4.78. The summed E-state index contributed by atoms with van der Waals surface area (Å²) in [7, 11) is 3.44. The molecule has 104 valence electrons. The third-order valence-electron chi connectivity index (χ3n) is 3.07. The maximum Gasteiger partial charge on any atom is 0.319 e. The summed E-state index contributed by atoms with van der Waals surface area (Å²) in [6.07, 6.45) is 0. The molecule has 0 radical (unpaired) electrons. The van der Waals surface area contributed by atoms with Crippen molar-refractivity contribution in [3.05, 3.63) is 17.5 Å². The van der Waals surface area contributed by atoms with Crippen LogP contribution in [0.5, 0.6) is 0 Å². The van der Waals surface area contributed by atoms with Crippen molar-refractivity contribution >= 4 is 11.9 Å². The summed E-state index contributed by atoms with van der Waals surface area (Å²) < 4.78 is 4.90. The zero-order chi connectivity index (χ0) is 14.0. The minimum atomic E-state index is -0.145. The summed E-state index contributed by atoms with van der Waals surface area (Å²) >= 11 is 0. The van der Waals surface area contributed by atoms with Gasteiger partial charge >= 0.3 is 6.03 Å². The summed E-state index contributed by atoms with van der Waals surface area (Å²) in [4.78, 5) is 28.8. The van der Waals surface area contributed by atoms with Crippen molar-refractivity contribution in [2.45, 2.75) is 6.92 Å². The maximum absolute atomic E-state index is 12.1. The van der Waals surface area contributed by atoms with Crippen LogP contribution in [0.1, 0.15) is 16.2 Å². The molecule has 1 aromatic rings. The van der Waals surface area contributed by atoms with Crippen molar-refractivity contribution in [1.29, 1.82) is 0 Å². The predicted molar refractivity (Wildman–Crippen MR) is 67.8 cm³/mol. The Hall–Kier alpha value is -2.05. The molecule has 19 heavy (non-hydrogen) atoms. The third kappa shape index (κ3) is 2.86. The molecule has 1 fully saturated rings. The number of rotatable bonds is 1. The fraction of sp³-hybridized carbons (Fsp3) is 0.583. The van der Waals surface area contributed by atoms with Crippen molar-refractivity contribution < 1.29 is 14.1 Å². The van der Waals surface area contributed by atoms with Crippen molar-refractivity contribution in [2.24, 2.45) is 0 Å². The molecule has 2 heterocycles. The summed E-state index contributed by atoms with van der Waals surface area (Å²) in [6, 6.07) is 1.60. The fourth-order valence-electron chi connectivity index (χ4n) is 2.01. The van der Waals surface area contributed by atoms with Crippen molar-refractivity contribution in [2.75, 3.05) is 40.3 Å². The monoisotopic (exact) mass is 266 g/mol. The molecule has 0 bridgehead atoms. The van der Waals surface area contributed by atoms with E-state index in [0.29, 0.717) is 37.6 Å². The molecule has 7 heteroatoms. The van der Waals surface area contributed by atoms with Gasteiger partial charge in [0.1, 0.15) is 5.76 Å². The molecule has 3 amide bonds. The minimum Gasteiger partial charge on any atom is -0.361 e. The molecule has 0 atom stereocenters. The molecule has 0 spiro atoms. The van der Waals surface area contributed by atoms with Crippen LogP contribution >= 0.6 is 0 Å². The second kappa shape index (κ2) is 5.29. The smallest absolute Gasteiger partial charge is 0.319 e. The number of aromatic nitrogens is 1. The zero-order valence-corrected chi connectivity index (χ0v) is 11.4. The van der Waals surface area contributed by atoms with Crippen LogP contribution in [0.2, 0.25) is 0 Å². The van der Waals surface area contributed by atoms with E-state index < -0.39 is 0 Å². The van der Waals surface area contributed by atoms with Crippen LogP contribution in [0.15, 0.2) is 10.6 Å². The molecule has 1 aliphatic heterocycles. The molecule has 1 aromatic heterocycles. The van der Waals surface area contributed by atoms with Crippen molar-refractivity contribution in [3.8, 4) is 0 Å². The molecule has 0 unspecified atom stereocenters. The van der Waals surface area contributed by atoms with E-state index >= 15 is 0 Å². The molecule has 1 aliphatic rings. The molecule has 1 saturated heterocycles. The number of hydrogen-bond donors (Lipinski definition) is 0. The largest absolute Gasteiger partial charge is 0.361 e. The van der Waals surface area contributed by atoms with Gasteiger partial charge in [0.25, 0.3) is 5.91 Å². The van der Waals surface area contributed by atoms with Gasteiger partial charge in [0.05, 0.1) is 0 Å². The first kappa shape index (κ1) is 13.4. The Morgan fingerprint density at radius 3 is 2.26 bits per heavy atom. The van der Waals surface area contributed by atoms with Gasteiger partial charge in [0.15, 0.2) is 5.69 Å². The number of amides is 3. The van der Waals surface area contributed by atoms with E-state index in [1.165, 1.54) is 0 Å². The van der Waals surface area contributed by atoms with Gasteiger partial charge in [-0.25, -0.2) is 4.79 Å². The van der Waals surface area contributed by atoms with Crippen molar-refractivity contribution in [3.63, 3.8) is 0 Å². The second-order valence-electron chi connectivity index (χ2n) is 4.78. The number of piperazine rings is 1. The van der Waals surface area contributed by atoms with E-state index in [4.69, 9.17) is 4.52 Å². The van der Waals surface area contributed by atoms with E-state index in [9.17, 15) is 9.59 Å². The highest BCUT2D eigenvalue weighted by molar-refractivity contribution is 5.92. The van der Waals surface area contributed by atoms with Crippen LogP contribution in [0.4, 0.5) is 4.79 Å². The Balaban J connectivity index is 1.93. The summed E-state index contributed by atoms with van der Waals surface area (Å²) in [6.45, 7) is 3.87. The van der Waals surface area contributed by atoms with E-state index in [0.717, 1.165) is 0 Å². The standard InChI is InChI=1S/C12H18N4O3/c1-9-8-10(13-19-9)11(17)15-4-6-16(7-5-15)12(18)14(2)3/h8H,4-7H2,1-3H3. The number of urea groups is 1. The molecule has 0 aromatic carbocycles. The summed E-state index contributed by atoms with van der Waals surface area (Å²) in [5, 5.41) is 3.72. The lowest BCUT2D eigenvalue weighted by Crippen LogP contribution is -2.52. The van der Waals surface area contributed by atoms with Gasteiger partial charge in [-0.05, 0) is 6.92 Å². The van der Waals surface area contributed by atoms with Gasteiger partial charge in [0.2, 0.25) is 0 Å². The van der Waals surface area contributed by atoms with Gasteiger partial charge in [-0.1, -0.05) is 5.16 Å². The molecule has 0 aliphatic carbocycles. The minimum absolute atomic E-state index is 0.0237. The maximum atomic E-state index is 12.1. The lowest BCUT2D eigenvalue weighted by Gasteiger charge is -2.35. The van der Waals surface area contributed by atoms with Gasteiger partial charge < -0.3 is 19.2 Å². The number of aryl methyl sites for hydroxylation is 1. The molecule has 7 nitrogen and oxygen atoms in total. The van der Waals surface area contributed by atoms with Crippen LogP contribution in [0.25, 0.3) is 0 Å². The first-order valence-electron chi connectivity index (χ1n) is 6.18. The van der Waals surface area contributed by atoms with Gasteiger partial charge in [0, 0.05) is 46.3 Å². The Morgan fingerprint density at radius 2 is 1.79 bits per heavy atom. The average Bonchev–Trinajstić information content (AvgIpc) is 2.84. The molecular formula is C12H18N4O3. The third-order valence-corrected chi connectivity index (χ3v) is 3.07. The predicted octanol–water partition coefficient (Wildman–Crippen LogP) is 0.422. The number of carbonyl (C=O) groups is 2.